The fraction of sp³-hybridized carbons (Fsp3) is 0. The van der Waals surface area contributed by atoms with Gasteiger partial charge in [0.15, 0.2) is 17.4 Å². The van der Waals surface area contributed by atoms with E-state index in [2.05, 4.69) is 0 Å². The summed E-state index contributed by atoms with van der Waals surface area (Å²) in [6.45, 7) is 0. The van der Waals surface area contributed by atoms with E-state index in [1.54, 1.807) is 0 Å². The summed E-state index contributed by atoms with van der Waals surface area (Å²) in [7, 11) is -4.64. The van der Waals surface area contributed by atoms with E-state index in [-0.39, 0.29) is 113 Å². The van der Waals surface area contributed by atoms with Crippen molar-refractivity contribution in [2.45, 2.75) is 0 Å². The van der Waals surface area contributed by atoms with Crippen molar-refractivity contribution in [1.82, 2.24) is 0 Å². The zero-order valence-corrected chi connectivity index (χ0v) is 10.8. The van der Waals surface area contributed by atoms with Crippen molar-refractivity contribution in [3.05, 3.63) is 0 Å². The first-order valence-electron chi connectivity index (χ1n) is 0.783. The summed E-state index contributed by atoms with van der Waals surface area (Å²) in [5.74, 6) is 0. The van der Waals surface area contributed by atoms with E-state index in [0.29, 0.717) is 0 Å². The van der Waals surface area contributed by atoms with Crippen LogP contribution in [0.4, 0.5) is 0 Å². The van der Waals surface area contributed by atoms with Crippen LogP contribution in [0.3, 0.4) is 0 Å². The van der Waals surface area contributed by atoms with E-state index in [9.17, 15) is 0 Å². The van der Waals surface area contributed by atoms with Crippen molar-refractivity contribution in [2.75, 3.05) is 0 Å². The topological polar surface area (TPSA) is 77.8 Å². The molecule has 0 bridgehead atoms. The van der Waals surface area contributed by atoms with Gasteiger partial charge in [0.25, 0.3) is 0 Å². The molecule has 0 aliphatic carbocycles. The predicted octanol–water partition coefficient (Wildman–Crippen LogP) is -5.15. The van der Waals surface area contributed by atoms with E-state index < -0.39 is 7.82 Å². The van der Waals surface area contributed by atoms with Crippen LogP contribution in [-0.2, 0) is 21.6 Å². The van der Waals surface area contributed by atoms with Crippen molar-refractivity contribution >= 4 is 48.2 Å². The molecule has 3 N–H and O–H groups in total. The van der Waals surface area contributed by atoms with Crippen molar-refractivity contribution < 1.29 is 92.0 Å². The van der Waals surface area contributed by atoms with Crippen LogP contribution in [0.5, 0.6) is 0 Å². The van der Waals surface area contributed by atoms with Crippen LogP contribution < -0.4 is 51.4 Å². The van der Waals surface area contributed by atoms with Crippen LogP contribution in [0.15, 0.2) is 0 Å². The second kappa shape index (κ2) is 14.1. The Morgan fingerprint density at radius 1 is 1.22 bits per heavy atom. The van der Waals surface area contributed by atoms with Crippen molar-refractivity contribution in [1.29, 1.82) is 0 Å². The minimum absolute atomic E-state index is 0. The van der Waals surface area contributed by atoms with Crippen LogP contribution >= 0.6 is 7.82 Å². The molecule has 0 unspecified atom stereocenters. The van der Waals surface area contributed by atoms with Gasteiger partial charge in [-0.05, 0) is 0 Å². The smallest absolute Gasteiger partial charge is 1.00 e. The molecule has 0 aliphatic rings. The van der Waals surface area contributed by atoms with E-state index in [0.717, 1.165) is 0 Å². The van der Waals surface area contributed by atoms with Gasteiger partial charge < -0.3 is 19.0 Å². The SMILES string of the molecule is O=P(O)(O)O.[AlH3].[Fe].[H-].[H-].[H-].[K+].[Mg+2]. The molecular weight excluding hydrogens is 241 g/mol. The Bertz CT molecular complexity index is 76.4. The van der Waals surface area contributed by atoms with E-state index >= 15 is 0 Å². The molecule has 0 rings (SSSR count). The summed E-state index contributed by atoms with van der Waals surface area (Å²) in [6, 6.07) is 0. The maximum Gasteiger partial charge on any atom is 2.00 e. The summed E-state index contributed by atoms with van der Waals surface area (Å²) in [5, 5.41) is 0. The molecule has 0 saturated carbocycles. The van der Waals surface area contributed by atoms with Crippen LogP contribution in [0.1, 0.15) is 4.28 Å². The first-order valence-corrected chi connectivity index (χ1v) is 2.35. The Hall–Kier alpha value is 3.56. The number of phosphoric acid groups is 1. The second-order valence-electron chi connectivity index (χ2n) is 0.513. The van der Waals surface area contributed by atoms with Gasteiger partial charge in [-0.1, -0.05) is 0 Å². The summed E-state index contributed by atoms with van der Waals surface area (Å²) in [4.78, 5) is 21.6. The van der Waals surface area contributed by atoms with Crippen LogP contribution in [0, 0.1) is 0 Å². The van der Waals surface area contributed by atoms with E-state index in [1.807, 2.05) is 0 Å². The molecule has 9 heavy (non-hydrogen) atoms. The van der Waals surface area contributed by atoms with Gasteiger partial charge in [0.1, 0.15) is 0 Å². The van der Waals surface area contributed by atoms with Gasteiger partial charge in [-0.25, -0.2) is 4.57 Å². The second-order valence-corrected chi connectivity index (χ2v) is 1.54. The summed E-state index contributed by atoms with van der Waals surface area (Å²) >= 11 is 0. The van der Waals surface area contributed by atoms with Crippen molar-refractivity contribution in [3.8, 4) is 0 Å². The molecule has 0 atom stereocenters. The van der Waals surface area contributed by atoms with E-state index in [4.69, 9.17) is 19.2 Å². The molecule has 0 saturated heterocycles. The molecule has 0 aromatic heterocycles. The number of hydrogen-bond acceptors (Lipinski definition) is 1. The average Bonchev–Trinajstić information content (AvgIpc) is 0.722. The molecule has 52 valence electrons. The normalized spacial score (nSPS) is 6.56. The molecule has 0 heterocycles. The van der Waals surface area contributed by atoms with Gasteiger partial charge in [0.05, 0.1) is 0 Å². The minimum Gasteiger partial charge on any atom is -1.00 e. The summed E-state index contributed by atoms with van der Waals surface area (Å²) in [6.07, 6.45) is 0. The average molecular weight is 250 g/mol. The quantitative estimate of drug-likeness (QED) is 0.297. The maximum absolute atomic E-state index is 8.88. The third-order valence-corrected chi connectivity index (χ3v) is 0. The third-order valence-electron chi connectivity index (χ3n) is 0. The van der Waals surface area contributed by atoms with Crippen molar-refractivity contribution in [3.63, 3.8) is 0 Å². The zero-order chi connectivity index (χ0) is 4.50. The van der Waals surface area contributed by atoms with Crippen LogP contribution in [-0.4, -0.2) is 55.1 Å². The first-order chi connectivity index (χ1) is 2.00. The molecule has 0 radical (unpaired) electrons. The molecule has 0 aliphatic heterocycles. The fourth-order valence-electron chi connectivity index (χ4n) is 0. The van der Waals surface area contributed by atoms with Gasteiger partial charge in [-0.2, -0.15) is 0 Å². The molecule has 0 fully saturated rings. The van der Waals surface area contributed by atoms with Crippen LogP contribution in [0.2, 0.25) is 0 Å². The van der Waals surface area contributed by atoms with Gasteiger partial charge in [0.2, 0.25) is 0 Å². The van der Waals surface area contributed by atoms with Gasteiger partial charge in [0, 0.05) is 17.1 Å². The standard InChI is InChI=1S/Al.Fe.K.Mg.H3O4P.6H/c;;;;1-5(2,3)4;;;;;;/h;;;;(H3,1,2,3,4);;;;;;/q;;+1;+2;;;;;3*-1. The Kier molecular flexibility index (Phi) is 46.0. The van der Waals surface area contributed by atoms with Gasteiger partial charge >= 0.3 is 82.3 Å². The Labute approximate surface area is 137 Å². The molecule has 0 aromatic carbocycles. The minimum atomic E-state index is -4.64. The Morgan fingerprint density at radius 2 is 1.22 bits per heavy atom. The first kappa shape index (κ1) is 29.4. The number of hydrogen-bond donors (Lipinski definition) is 3. The molecule has 4 nitrogen and oxygen atoms in total. The predicted molar refractivity (Wildman–Crippen MR) is 33.3 cm³/mol. The molecule has 0 amide bonds. The fourth-order valence-corrected chi connectivity index (χ4v) is 0. The van der Waals surface area contributed by atoms with Crippen molar-refractivity contribution in [2.24, 2.45) is 0 Å². The zero-order valence-electron chi connectivity index (χ0n) is 7.26. The maximum atomic E-state index is 8.88. The summed E-state index contributed by atoms with van der Waals surface area (Å²) < 4.78 is 8.88. The number of rotatable bonds is 0. The monoisotopic (exact) mass is 250 g/mol. The summed E-state index contributed by atoms with van der Waals surface area (Å²) in [5.41, 5.74) is 0. The Balaban J connectivity index is -0.00000000381. The third kappa shape index (κ3) is 83.3. The van der Waals surface area contributed by atoms with Gasteiger partial charge in [-0.15, -0.1) is 0 Å². The largest absolute Gasteiger partial charge is 2.00 e. The Morgan fingerprint density at radius 3 is 1.22 bits per heavy atom. The molecular formula is H9AlFeKMgO4P. The molecule has 9 heteroatoms. The van der Waals surface area contributed by atoms with E-state index in [1.165, 1.54) is 0 Å². The molecule has 0 spiro atoms. The molecule has 0 aromatic rings. The van der Waals surface area contributed by atoms with Crippen LogP contribution in [0.25, 0.3) is 0 Å². The van der Waals surface area contributed by atoms with Gasteiger partial charge in [-0.3, -0.25) is 0 Å².